The normalized spacial score (nSPS) is 12.4. The summed E-state index contributed by atoms with van der Waals surface area (Å²) in [6.07, 6.45) is 0.673. The highest BCUT2D eigenvalue weighted by molar-refractivity contribution is 5.64. The SMILES string of the molecule is Cc1cc([N+](=O)[O-])ccc1-c1ccc(CC(C)N)o1. The van der Waals surface area contributed by atoms with Gasteiger partial charge in [-0.1, -0.05) is 0 Å². The van der Waals surface area contributed by atoms with Crippen molar-refractivity contribution in [1.82, 2.24) is 0 Å². The van der Waals surface area contributed by atoms with Gasteiger partial charge in [0.05, 0.1) is 4.92 Å². The van der Waals surface area contributed by atoms with E-state index in [0.29, 0.717) is 12.2 Å². The summed E-state index contributed by atoms with van der Waals surface area (Å²) in [4.78, 5) is 10.3. The van der Waals surface area contributed by atoms with Crippen LogP contribution in [0.2, 0.25) is 0 Å². The Bertz CT molecular complexity index is 602. The lowest BCUT2D eigenvalue weighted by Crippen LogP contribution is -2.17. The van der Waals surface area contributed by atoms with Crippen LogP contribution in [-0.2, 0) is 6.42 Å². The Kier molecular flexibility index (Phi) is 3.66. The number of rotatable bonds is 4. The Morgan fingerprint density at radius 3 is 2.68 bits per heavy atom. The van der Waals surface area contributed by atoms with Crippen LogP contribution in [0.1, 0.15) is 18.2 Å². The van der Waals surface area contributed by atoms with Gasteiger partial charge in [-0.15, -0.1) is 0 Å². The average molecular weight is 260 g/mol. The van der Waals surface area contributed by atoms with Crippen LogP contribution in [-0.4, -0.2) is 11.0 Å². The molecule has 0 aliphatic heterocycles. The summed E-state index contributed by atoms with van der Waals surface area (Å²) >= 11 is 0. The van der Waals surface area contributed by atoms with E-state index in [-0.39, 0.29) is 11.7 Å². The number of aryl methyl sites for hydroxylation is 1. The number of hydrogen-bond acceptors (Lipinski definition) is 4. The zero-order chi connectivity index (χ0) is 14.0. The Morgan fingerprint density at radius 1 is 1.37 bits per heavy atom. The van der Waals surface area contributed by atoms with Gasteiger partial charge < -0.3 is 10.2 Å². The van der Waals surface area contributed by atoms with Crippen LogP contribution in [0.25, 0.3) is 11.3 Å². The predicted molar refractivity (Wildman–Crippen MR) is 72.9 cm³/mol. The van der Waals surface area contributed by atoms with Gasteiger partial charge in [0, 0.05) is 30.2 Å². The van der Waals surface area contributed by atoms with Crippen molar-refractivity contribution in [3.8, 4) is 11.3 Å². The predicted octanol–water partition coefficient (Wildman–Crippen LogP) is 3.05. The number of nitro groups is 1. The molecule has 100 valence electrons. The standard InChI is InChI=1S/C14H16N2O3/c1-9-7-11(16(17)18)3-5-13(9)14-6-4-12(19-14)8-10(2)15/h3-7,10H,8,15H2,1-2H3. The fourth-order valence-corrected chi connectivity index (χ4v) is 1.99. The van der Waals surface area contributed by atoms with Gasteiger partial charge in [-0.3, -0.25) is 10.1 Å². The molecule has 0 saturated carbocycles. The molecule has 0 bridgehead atoms. The average Bonchev–Trinajstić information content (AvgIpc) is 2.76. The van der Waals surface area contributed by atoms with Crippen LogP contribution in [0.4, 0.5) is 5.69 Å². The first-order valence-electron chi connectivity index (χ1n) is 6.07. The van der Waals surface area contributed by atoms with E-state index in [9.17, 15) is 10.1 Å². The van der Waals surface area contributed by atoms with Gasteiger partial charge in [0.15, 0.2) is 0 Å². The molecule has 1 atom stereocenters. The van der Waals surface area contributed by atoms with Crippen molar-refractivity contribution < 1.29 is 9.34 Å². The minimum Gasteiger partial charge on any atom is -0.461 e. The fraction of sp³-hybridized carbons (Fsp3) is 0.286. The molecule has 0 aliphatic rings. The molecule has 5 heteroatoms. The number of non-ortho nitro benzene ring substituents is 1. The quantitative estimate of drug-likeness (QED) is 0.676. The van der Waals surface area contributed by atoms with Gasteiger partial charge in [-0.25, -0.2) is 0 Å². The third-order valence-corrected chi connectivity index (χ3v) is 2.87. The van der Waals surface area contributed by atoms with Gasteiger partial charge in [0.2, 0.25) is 0 Å². The molecule has 1 unspecified atom stereocenters. The number of nitrogens with zero attached hydrogens (tertiary/aromatic N) is 1. The van der Waals surface area contributed by atoms with E-state index >= 15 is 0 Å². The summed E-state index contributed by atoms with van der Waals surface area (Å²) in [5.41, 5.74) is 7.49. The second kappa shape index (κ2) is 5.24. The topological polar surface area (TPSA) is 82.3 Å². The summed E-state index contributed by atoms with van der Waals surface area (Å²) in [5, 5.41) is 10.7. The molecule has 1 aromatic carbocycles. The van der Waals surface area contributed by atoms with Gasteiger partial charge in [-0.2, -0.15) is 0 Å². The number of nitro benzene ring substituents is 1. The molecule has 2 N–H and O–H groups in total. The summed E-state index contributed by atoms with van der Waals surface area (Å²) in [7, 11) is 0. The third-order valence-electron chi connectivity index (χ3n) is 2.87. The summed E-state index contributed by atoms with van der Waals surface area (Å²) in [5.74, 6) is 1.53. The lowest BCUT2D eigenvalue weighted by molar-refractivity contribution is -0.384. The first-order valence-corrected chi connectivity index (χ1v) is 6.07. The van der Waals surface area contributed by atoms with Crippen molar-refractivity contribution in [2.24, 2.45) is 5.73 Å². The van der Waals surface area contributed by atoms with E-state index in [4.69, 9.17) is 10.2 Å². The first kappa shape index (κ1) is 13.3. The Labute approximate surface area is 111 Å². The molecular weight excluding hydrogens is 244 g/mol. The smallest absolute Gasteiger partial charge is 0.269 e. The second-order valence-electron chi connectivity index (χ2n) is 4.70. The monoisotopic (exact) mass is 260 g/mol. The van der Waals surface area contributed by atoms with Gasteiger partial charge in [0.25, 0.3) is 5.69 Å². The van der Waals surface area contributed by atoms with Crippen LogP contribution < -0.4 is 5.73 Å². The highest BCUT2D eigenvalue weighted by Crippen LogP contribution is 2.28. The maximum atomic E-state index is 10.7. The molecule has 0 amide bonds. The molecule has 5 nitrogen and oxygen atoms in total. The van der Waals surface area contributed by atoms with E-state index in [2.05, 4.69) is 0 Å². The lowest BCUT2D eigenvalue weighted by atomic mass is 10.1. The molecule has 0 saturated heterocycles. The van der Waals surface area contributed by atoms with Gasteiger partial charge in [-0.05, 0) is 37.6 Å². The number of hydrogen-bond donors (Lipinski definition) is 1. The molecule has 2 aromatic rings. The van der Waals surface area contributed by atoms with E-state index in [0.717, 1.165) is 16.9 Å². The van der Waals surface area contributed by atoms with E-state index in [1.54, 1.807) is 12.1 Å². The first-order chi connectivity index (χ1) is 8.97. The van der Waals surface area contributed by atoms with E-state index in [1.165, 1.54) is 6.07 Å². The number of furan rings is 1. The Morgan fingerprint density at radius 2 is 2.11 bits per heavy atom. The summed E-state index contributed by atoms with van der Waals surface area (Å²) in [6, 6.07) is 8.53. The van der Waals surface area contributed by atoms with Crippen molar-refractivity contribution in [1.29, 1.82) is 0 Å². The zero-order valence-corrected chi connectivity index (χ0v) is 10.9. The highest BCUT2D eigenvalue weighted by atomic mass is 16.6. The Hall–Kier alpha value is -2.14. The van der Waals surface area contributed by atoms with Crippen LogP contribution in [0.5, 0.6) is 0 Å². The molecule has 0 radical (unpaired) electrons. The fourth-order valence-electron chi connectivity index (χ4n) is 1.99. The van der Waals surface area contributed by atoms with Crippen molar-refractivity contribution in [3.05, 3.63) is 51.8 Å². The molecule has 1 heterocycles. The molecule has 2 rings (SSSR count). The van der Waals surface area contributed by atoms with Crippen LogP contribution >= 0.6 is 0 Å². The lowest BCUT2D eigenvalue weighted by Gasteiger charge is -2.03. The van der Waals surface area contributed by atoms with Crippen molar-refractivity contribution in [2.75, 3.05) is 0 Å². The van der Waals surface area contributed by atoms with Crippen LogP contribution in [0.15, 0.2) is 34.7 Å². The maximum absolute atomic E-state index is 10.7. The molecule has 0 fully saturated rings. The number of nitrogens with two attached hydrogens (primary N) is 1. The molecule has 19 heavy (non-hydrogen) atoms. The minimum absolute atomic E-state index is 0.0388. The molecular formula is C14H16N2O3. The van der Waals surface area contributed by atoms with E-state index < -0.39 is 4.92 Å². The summed E-state index contributed by atoms with van der Waals surface area (Å²) < 4.78 is 5.71. The highest BCUT2D eigenvalue weighted by Gasteiger charge is 2.12. The number of benzene rings is 1. The van der Waals surface area contributed by atoms with E-state index in [1.807, 2.05) is 26.0 Å². The zero-order valence-electron chi connectivity index (χ0n) is 10.9. The molecule has 0 spiro atoms. The molecule has 0 aliphatic carbocycles. The summed E-state index contributed by atoms with van der Waals surface area (Å²) in [6.45, 7) is 3.75. The van der Waals surface area contributed by atoms with Crippen molar-refractivity contribution in [3.63, 3.8) is 0 Å². The third kappa shape index (κ3) is 3.00. The Balaban J connectivity index is 2.31. The van der Waals surface area contributed by atoms with Gasteiger partial charge in [0.1, 0.15) is 11.5 Å². The van der Waals surface area contributed by atoms with Gasteiger partial charge >= 0.3 is 0 Å². The maximum Gasteiger partial charge on any atom is 0.269 e. The largest absolute Gasteiger partial charge is 0.461 e. The van der Waals surface area contributed by atoms with Crippen LogP contribution in [0.3, 0.4) is 0 Å². The van der Waals surface area contributed by atoms with Crippen LogP contribution in [0, 0.1) is 17.0 Å². The molecule has 1 aromatic heterocycles. The second-order valence-corrected chi connectivity index (χ2v) is 4.70. The van der Waals surface area contributed by atoms with Crippen molar-refractivity contribution in [2.45, 2.75) is 26.3 Å². The van der Waals surface area contributed by atoms with Crippen molar-refractivity contribution >= 4 is 5.69 Å². The minimum atomic E-state index is -0.402.